The first kappa shape index (κ1) is 27.8. The molecule has 0 spiro atoms. The normalized spacial score (nSPS) is 13.9. The van der Waals surface area contributed by atoms with E-state index in [9.17, 15) is 17.6 Å². The summed E-state index contributed by atoms with van der Waals surface area (Å²) in [5, 5.41) is 0. The summed E-state index contributed by atoms with van der Waals surface area (Å²) >= 11 is 0. The first-order chi connectivity index (χ1) is 13.0. The second kappa shape index (κ2) is 12.5. The summed E-state index contributed by atoms with van der Waals surface area (Å²) in [6, 6.07) is 0. The van der Waals surface area contributed by atoms with Gasteiger partial charge < -0.3 is 26.6 Å². The Kier molecular flexibility index (Phi) is 12.4. The highest BCUT2D eigenvalue weighted by Crippen LogP contribution is 2.41. The van der Waals surface area contributed by atoms with E-state index in [1.54, 1.807) is 0 Å². The highest BCUT2D eigenvalue weighted by molar-refractivity contribution is 6.54. The van der Waals surface area contributed by atoms with Crippen LogP contribution in [-0.4, -0.2) is 70.0 Å². The van der Waals surface area contributed by atoms with Gasteiger partial charge in [0, 0.05) is 39.6 Å². The maximum Gasteiger partial charge on any atom is 0.684 e. The molecule has 0 aromatic carbocycles. The molecule has 0 fully saturated rings. The molecule has 0 radical (unpaired) electrons. The van der Waals surface area contributed by atoms with Crippen molar-refractivity contribution >= 4 is 18.1 Å². The van der Waals surface area contributed by atoms with Crippen molar-refractivity contribution in [3.8, 4) is 0 Å². The molecule has 0 amide bonds. The maximum atomic E-state index is 14.5. The minimum absolute atomic E-state index is 0.162. The third-order valence-electron chi connectivity index (χ3n) is 2.77. The Morgan fingerprint density at radius 3 is 0.786 bits per heavy atom. The molecule has 0 aromatic rings. The van der Waals surface area contributed by atoms with Gasteiger partial charge in [-0.15, -0.1) is 0 Å². The van der Waals surface area contributed by atoms with Crippen molar-refractivity contribution in [2.75, 3.05) is 39.6 Å². The highest BCUT2D eigenvalue weighted by atomic mass is 28.4. The molecule has 0 aliphatic carbocycles. The molecule has 28 heavy (non-hydrogen) atoms. The van der Waals surface area contributed by atoms with Gasteiger partial charge in [0.05, 0.1) is 0 Å². The van der Waals surface area contributed by atoms with Gasteiger partial charge in [-0.05, 0) is 41.5 Å². The summed E-state index contributed by atoms with van der Waals surface area (Å²) in [5.74, 6) is 0. The smallest absolute Gasteiger partial charge is 0.351 e. The fourth-order valence-electron chi connectivity index (χ4n) is 1.92. The Morgan fingerprint density at radius 1 is 0.464 bits per heavy atom. The van der Waals surface area contributed by atoms with Gasteiger partial charge in [0.15, 0.2) is 0 Å². The minimum atomic E-state index is -5.19. The van der Waals surface area contributed by atoms with Crippen molar-refractivity contribution in [1.82, 2.24) is 0 Å². The van der Waals surface area contributed by atoms with Crippen molar-refractivity contribution in [1.29, 1.82) is 0 Å². The number of alkyl halides is 4. The predicted octanol–water partition coefficient (Wildman–Crippen LogP) is 3.30. The number of halogens is 4. The molecule has 0 saturated heterocycles. The molecule has 0 heterocycles. The standard InChI is InChI=1S/C14H30F4O8Si2/c1-7-19-27(20-8-2,21-9-3)25-13(15,16)14(17,18)26-28(22-10-4,23-11-5)24-12-6/h7-12H2,1-6H3. The van der Waals surface area contributed by atoms with Gasteiger partial charge in [-0.25, -0.2) is 0 Å². The first-order valence-electron chi connectivity index (χ1n) is 9.02. The van der Waals surface area contributed by atoms with Crippen LogP contribution >= 0.6 is 0 Å². The van der Waals surface area contributed by atoms with Gasteiger partial charge in [-0.3, -0.25) is 8.85 Å². The second-order valence-corrected chi connectivity index (χ2v) is 8.98. The zero-order valence-corrected chi connectivity index (χ0v) is 19.0. The SMILES string of the molecule is CCO[Si](OCC)(OCC)OC(F)(F)C(F)(F)O[Si](OCC)(OCC)OCC. The van der Waals surface area contributed by atoms with E-state index in [-0.39, 0.29) is 39.6 Å². The van der Waals surface area contributed by atoms with Crippen molar-refractivity contribution in [2.24, 2.45) is 0 Å². The Balaban J connectivity index is 5.77. The summed E-state index contributed by atoms with van der Waals surface area (Å²) in [7, 11) is -9.18. The lowest BCUT2D eigenvalue weighted by Gasteiger charge is -2.36. The van der Waals surface area contributed by atoms with Crippen molar-refractivity contribution < 1.29 is 53.0 Å². The molecule has 0 aromatic heterocycles. The molecule has 0 unspecified atom stereocenters. The molecule has 0 aliphatic heterocycles. The van der Waals surface area contributed by atoms with E-state index in [4.69, 9.17) is 26.6 Å². The number of hydrogen-bond donors (Lipinski definition) is 0. The van der Waals surface area contributed by atoms with Crippen LogP contribution in [0.4, 0.5) is 17.6 Å². The minimum Gasteiger partial charge on any atom is -0.351 e. The molecule has 0 saturated carbocycles. The molecule has 0 rings (SSSR count). The Labute approximate surface area is 165 Å². The molecule has 8 nitrogen and oxygen atoms in total. The molecule has 0 atom stereocenters. The summed E-state index contributed by atoms with van der Waals surface area (Å²) in [6.45, 7) is 7.73. The van der Waals surface area contributed by atoms with E-state index in [0.29, 0.717) is 0 Å². The molecular formula is C14H30F4O8Si2. The van der Waals surface area contributed by atoms with Crippen LogP contribution in [-0.2, 0) is 35.4 Å². The Bertz CT molecular complexity index is 362. The molecule has 0 bridgehead atoms. The summed E-state index contributed by atoms with van der Waals surface area (Å²) in [6.07, 6.45) is -10.4. The number of rotatable bonds is 17. The predicted molar refractivity (Wildman–Crippen MR) is 93.3 cm³/mol. The maximum absolute atomic E-state index is 14.5. The lowest BCUT2D eigenvalue weighted by atomic mass is 10.6. The Hall–Kier alpha value is -0.166. The average Bonchev–Trinajstić information content (AvgIpc) is 2.55. The summed E-state index contributed by atoms with van der Waals surface area (Å²) in [4.78, 5) is 0. The van der Waals surface area contributed by atoms with Crippen LogP contribution < -0.4 is 0 Å². The fraction of sp³-hybridized carbons (Fsp3) is 1.00. The first-order valence-corrected chi connectivity index (χ1v) is 12.3. The van der Waals surface area contributed by atoms with E-state index < -0.39 is 30.3 Å². The molecule has 0 N–H and O–H groups in total. The van der Waals surface area contributed by atoms with Gasteiger partial charge in [-0.1, -0.05) is 0 Å². The van der Waals surface area contributed by atoms with E-state index in [1.165, 1.54) is 41.5 Å². The fourth-order valence-corrected chi connectivity index (χ4v) is 5.76. The van der Waals surface area contributed by atoms with Gasteiger partial charge >= 0.3 is 30.3 Å². The Morgan fingerprint density at radius 2 is 0.643 bits per heavy atom. The van der Waals surface area contributed by atoms with Crippen LogP contribution in [0.25, 0.3) is 0 Å². The van der Waals surface area contributed by atoms with Crippen LogP contribution in [0.5, 0.6) is 0 Å². The van der Waals surface area contributed by atoms with Crippen LogP contribution in [0.3, 0.4) is 0 Å². The van der Waals surface area contributed by atoms with E-state index >= 15 is 0 Å². The van der Waals surface area contributed by atoms with Gasteiger partial charge in [0.1, 0.15) is 0 Å². The van der Waals surface area contributed by atoms with Gasteiger partial charge in [0.25, 0.3) is 0 Å². The van der Waals surface area contributed by atoms with E-state index in [2.05, 4.69) is 8.85 Å². The van der Waals surface area contributed by atoms with Crippen molar-refractivity contribution in [3.05, 3.63) is 0 Å². The second-order valence-electron chi connectivity index (χ2n) is 4.84. The van der Waals surface area contributed by atoms with Crippen LogP contribution in [0.15, 0.2) is 0 Å². The molecular weight excluding hydrogens is 428 g/mol. The highest BCUT2D eigenvalue weighted by Gasteiger charge is 2.71. The van der Waals surface area contributed by atoms with E-state index in [0.717, 1.165) is 0 Å². The quantitative estimate of drug-likeness (QED) is 0.243. The number of hydrogen-bond acceptors (Lipinski definition) is 8. The van der Waals surface area contributed by atoms with Crippen molar-refractivity contribution in [2.45, 2.75) is 53.8 Å². The zero-order valence-electron chi connectivity index (χ0n) is 17.0. The van der Waals surface area contributed by atoms with Crippen LogP contribution in [0.2, 0.25) is 0 Å². The average molecular weight is 459 g/mol. The van der Waals surface area contributed by atoms with Gasteiger partial charge in [0.2, 0.25) is 0 Å². The molecule has 0 aliphatic rings. The van der Waals surface area contributed by atoms with Crippen LogP contribution in [0.1, 0.15) is 41.5 Å². The van der Waals surface area contributed by atoms with Crippen LogP contribution in [0, 0.1) is 0 Å². The largest absolute Gasteiger partial charge is 0.684 e. The lowest BCUT2D eigenvalue weighted by molar-refractivity contribution is -0.409. The topological polar surface area (TPSA) is 73.8 Å². The summed E-state index contributed by atoms with van der Waals surface area (Å²) < 4.78 is 96.7. The monoisotopic (exact) mass is 458 g/mol. The molecule has 14 heteroatoms. The van der Waals surface area contributed by atoms with Crippen molar-refractivity contribution in [3.63, 3.8) is 0 Å². The lowest BCUT2D eigenvalue weighted by Crippen LogP contribution is -2.63. The van der Waals surface area contributed by atoms with E-state index in [1.807, 2.05) is 0 Å². The third-order valence-corrected chi connectivity index (χ3v) is 7.64. The van der Waals surface area contributed by atoms with Gasteiger partial charge in [-0.2, -0.15) is 17.6 Å². The zero-order chi connectivity index (χ0) is 21.9. The summed E-state index contributed by atoms with van der Waals surface area (Å²) in [5.41, 5.74) is 0. The molecule has 170 valence electrons. The third kappa shape index (κ3) is 7.93.